The third-order valence-corrected chi connectivity index (χ3v) is 4.85. The Hall–Kier alpha value is -2.10. The van der Waals surface area contributed by atoms with Crippen molar-refractivity contribution in [2.75, 3.05) is 5.32 Å². The lowest BCUT2D eigenvalue weighted by molar-refractivity contribution is -0.116. The minimum atomic E-state index is -0.0981. The van der Waals surface area contributed by atoms with Gasteiger partial charge in [0.25, 0.3) is 0 Å². The topological polar surface area (TPSA) is 62.0 Å². The number of aromatic amines is 1. The van der Waals surface area contributed by atoms with E-state index in [0.29, 0.717) is 6.42 Å². The number of anilines is 1. The van der Waals surface area contributed by atoms with E-state index in [1.54, 1.807) is 6.07 Å². The Labute approximate surface area is 136 Å². The van der Waals surface area contributed by atoms with Crippen molar-refractivity contribution in [3.63, 3.8) is 0 Å². The van der Waals surface area contributed by atoms with Crippen LogP contribution in [0.4, 0.5) is 5.69 Å². The molecule has 1 fully saturated rings. The largest absolute Gasteiger partial charge is 0.326 e. The van der Waals surface area contributed by atoms with Crippen LogP contribution in [-0.2, 0) is 11.2 Å². The summed E-state index contributed by atoms with van der Waals surface area (Å²) < 4.78 is 0. The fourth-order valence-electron chi connectivity index (χ4n) is 3.56. The summed E-state index contributed by atoms with van der Waals surface area (Å²) in [5.41, 5.74) is 2.46. The Balaban J connectivity index is 1.70. The first-order valence-electron chi connectivity index (χ1n) is 8.61. The highest BCUT2D eigenvalue weighted by atomic mass is 16.1. The van der Waals surface area contributed by atoms with E-state index >= 15 is 0 Å². The summed E-state index contributed by atoms with van der Waals surface area (Å²) in [6.45, 7) is 2.03. The zero-order valence-electron chi connectivity index (χ0n) is 13.7. The van der Waals surface area contributed by atoms with Gasteiger partial charge in [-0.05, 0) is 36.5 Å². The quantitative estimate of drug-likeness (QED) is 0.876. The fraction of sp³-hybridized carbons (Fsp3) is 0.474. The van der Waals surface area contributed by atoms with Crippen molar-refractivity contribution in [1.82, 2.24) is 4.98 Å². The molecule has 0 radical (unpaired) electrons. The van der Waals surface area contributed by atoms with Crippen molar-refractivity contribution in [2.45, 2.75) is 51.9 Å². The number of amides is 1. The second-order valence-corrected chi connectivity index (χ2v) is 6.51. The Bertz CT molecular complexity index is 758. The third kappa shape index (κ3) is 3.81. The molecule has 0 atom stereocenters. The van der Waals surface area contributed by atoms with Crippen molar-refractivity contribution < 1.29 is 4.79 Å². The molecule has 3 rings (SSSR count). The van der Waals surface area contributed by atoms with Crippen LogP contribution in [-0.4, -0.2) is 10.9 Å². The molecule has 122 valence electrons. The lowest BCUT2D eigenvalue weighted by Crippen LogP contribution is -2.13. The van der Waals surface area contributed by atoms with Gasteiger partial charge in [-0.3, -0.25) is 9.59 Å². The number of hydrogen-bond donors (Lipinski definition) is 2. The maximum atomic E-state index is 12.1. The van der Waals surface area contributed by atoms with E-state index in [1.165, 1.54) is 25.7 Å². The monoisotopic (exact) mass is 312 g/mol. The van der Waals surface area contributed by atoms with E-state index in [9.17, 15) is 9.59 Å². The van der Waals surface area contributed by atoms with Crippen molar-refractivity contribution in [2.24, 2.45) is 5.92 Å². The summed E-state index contributed by atoms with van der Waals surface area (Å²) in [6.07, 6.45) is 7.53. The molecule has 1 aromatic carbocycles. The van der Waals surface area contributed by atoms with E-state index < -0.39 is 0 Å². The Morgan fingerprint density at radius 2 is 2.04 bits per heavy atom. The van der Waals surface area contributed by atoms with E-state index in [0.717, 1.165) is 40.9 Å². The van der Waals surface area contributed by atoms with Crippen molar-refractivity contribution in [3.05, 3.63) is 40.2 Å². The minimum absolute atomic E-state index is 0.0604. The van der Waals surface area contributed by atoms with Gasteiger partial charge in [-0.2, -0.15) is 0 Å². The van der Waals surface area contributed by atoms with Crippen LogP contribution in [0.15, 0.2) is 29.1 Å². The molecule has 0 bridgehead atoms. The van der Waals surface area contributed by atoms with Gasteiger partial charge in [0.1, 0.15) is 0 Å². The molecule has 2 aromatic rings. The van der Waals surface area contributed by atoms with Gasteiger partial charge in [-0.25, -0.2) is 0 Å². The van der Waals surface area contributed by atoms with Gasteiger partial charge in [-0.1, -0.05) is 38.7 Å². The van der Waals surface area contributed by atoms with Crippen molar-refractivity contribution >= 4 is 22.5 Å². The zero-order chi connectivity index (χ0) is 16.2. The molecule has 0 saturated heterocycles. The lowest BCUT2D eigenvalue weighted by Gasteiger charge is -2.10. The van der Waals surface area contributed by atoms with Gasteiger partial charge >= 0.3 is 0 Å². The molecule has 2 N–H and O–H groups in total. The zero-order valence-corrected chi connectivity index (χ0v) is 13.7. The highest BCUT2D eigenvalue weighted by Gasteiger charge is 2.16. The molecule has 1 aliphatic rings. The molecule has 4 heteroatoms. The first-order valence-corrected chi connectivity index (χ1v) is 8.61. The number of H-pyrrole nitrogens is 1. The number of fused-ring (bicyclic) bond motifs is 1. The molecule has 0 spiro atoms. The van der Waals surface area contributed by atoms with E-state index in [2.05, 4.69) is 10.3 Å². The molecule has 0 aliphatic heterocycles. The van der Waals surface area contributed by atoms with Gasteiger partial charge in [-0.15, -0.1) is 0 Å². The first kappa shape index (κ1) is 15.8. The predicted octanol–water partition coefficient (Wildman–Crippen LogP) is 4.00. The van der Waals surface area contributed by atoms with E-state index in [4.69, 9.17) is 0 Å². The number of nitrogens with one attached hydrogen (secondary N) is 2. The highest BCUT2D eigenvalue weighted by molar-refractivity contribution is 5.94. The van der Waals surface area contributed by atoms with Crippen LogP contribution >= 0.6 is 0 Å². The fourth-order valence-corrected chi connectivity index (χ4v) is 3.56. The number of aryl methyl sites for hydroxylation is 1. The second kappa shape index (κ2) is 6.99. The van der Waals surface area contributed by atoms with Crippen molar-refractivity contribution in [1.29, 1.82) is 0 Å². The van der Waals surface area contributed by atoms with Gasteiger partial charge in [0, 0.05) is 23.6 Å². The summed E-state index contributed by atoms with van der Waals surface area (Å²) >= 11 is 0. The van der Waals surface area contributed by atoms with Crippen LogP contribution < -0.4 is 10.9 Å². The average molecular weight is 312 g/mol. The number of rotatable bonds is 5. The maximum Gasteiger partial charge on any atom is 0.248 e. The van der Waals surface area contributed by atoms with Crippen LogP contribution in [0.3, 0.4) is 0 Å². The van der Waals surface area contributed by atoms with Gasteiger partial charge in [0.2, 0.25) is 11.5 Å². The molecule has 4 nitrogen and oxygen atoms in total. The number of hydrogen-bond acceptors (Lipinski definition) is 2. The Morgan fingerprint density at radius 1 is 1.26 bits per heavy atom. The average Bonchev–Trinajstić information content (AvgIpc) is 3.05. The molecular formula is C19H24N2O2. The standard InChI is InChI=1S/C19H24N2O2/c1-2-14-11-19(23)21-17-12-15(8-9-16(14)17)20-18(22)10-7-13-5-3-4-6-13/h8-9,11-13H,2-7,10H2,1H3,(H,20,22)(H,21,23). The van der Waals surface area contributed by atoms with E-state index in [1.807, 2.05) is 25.1 Å². The molecular weight excluding hydrogens is 288 g/mol. The van der Waals surface area contributed by atoms with E-state index in [-0.39, 0.29) is 11.5 Å². The summed E-state index contributed by atoms with van der Waals surface area (Å²) in [4.78, 5) is 26.7. The van der Waals surface area contributed by atoms with Crippen molar-refractivity contribution in [3.8, 4) is 0 Å². The number of carbonyl (C=O) groups is 1. The lowest BCUT2D eigenvalue weighted by atomic mass is 10.0. The van der Waals surface area contributed by atoms with Crippen LogP contribution in [0.2, 0.25) is 0 Å². The third-order valence-electron chi connectivity index (χ3n) is 4.85. The predicted molar refractivity (Wildman–Crippen MR) is 93.8 cm³/mol. The summed E-state index contributed by atoms with van der Waals surface area (Å²) in [7, 11) is 0. The van der Waals surface area contributed by atoms with Gasteiger partial charge in [0.05, 0.1) is 5.52 Å². The Morgan fingerprint density at radius 3 is 2.78 bits per heavy atom. The van der Waals surface area contributed by atoms with Gasteiger partial charge in [0.15, 0.2) is 0 Å². The normalized spacial score (nSPS) is 15.2. The molecule has 0 unspecified atom stereocenters. The second-order valence-electron chi connectivity index (χ2n) is 6.51. The maximum absolute atomic E-state index is 12.1. The summed E-state index contributed by atoms with van der Waals surface area (Å²) in [6, 6.07) is 7.37. The highest BCUT2D eigenvalue weighted by Crippen LogP contribution is 2.28. The minimum Gasteiger partial charge on any atom is -0.326 e. The summed E-state index contributed by atoms with van der Waals surface area (Å²) in [5.74, 6) is 0.783. The molecule has 23 heavy (non-hydrogen) atoms. The van der Waals surface area contributed by atoms with Crippen LogP contribution in [0, 0.1) is 5.92 Å². The number of aromatic nitrogens is 1. The SMILES string of the molecule is CCc1cc(=O)[nH]c2cc(NC(=O)CCC3CCCC3)ccc12. The molecule has 1 amide bonds. The number of pyridine rings is 1. The molecule has 1 heterocycles. The van der Waals surface area contributed by atoms with Crippen LogP contribution in [0.1, 0.15) is 51.0 Å². The summed E-state index contributed by atoms with van der Waals surface area (Å²) in [5, 5.41) is 3.99. The molecule has 1 saturated carbocycles. The van der Waals surface area contributed by atoms with Gasteiger partial charge < -0.3 is 10.3 Å². The van der Waals surface area contributed by atoms with Crippen LogP contribution in [0.25, 0.3) is 10.9 Å². The molecule has 1 aliphatic carbocycles. The molecule has 1 aromatic heterocycles. The number of benzene rings is 1. The Kier molecular flexibility index (Phi) is 4.79. The first-order chi connectivity index (χ1) is 11.2. The smallest absolute Gasteiger partial charge is 0.248 e. The van der Waals surface area contributed by atoms with Crippen LogP contribution in [0.5, 0.6) is 0 Å². The number of carbonyl (C=O) groups excluding carboxylic acids is 1.